The average molecular weight is 278 g/mol. The van der Waals surface area contributed by atoms with E-state index >= 15 is 0 Å². The number of rotatable bonds is 6. The molecule has 0 saturated carbocycles. The van der Waals surface area contributed by atoms with Gasteiger partial charge in [-0.3, -0.25) is 4.79 Å². The Morgan fingerprint density at radius 3 is 2.89 bits per heavy atom. The number of hydrogen-bond donors (Lipinski definition) is 1. The first-order valence-corrected chi connectivity index (χ1v) is 6.75. The molecule has 1 heterocycles. The minimum atomic E-state index is 0.0240. The Morgan fingerprint density at radius 1 is 1.32 bits per heavy atom. The normalized spacial score (nSPS) is 10.4. The van der Waals surface area contributed by atoms with Gasteiger partial charge in [0.15, 0.2) is 0 Å². The summed E-state index contributed by atoms with van der Waals surface area (Å²) in [6, 6.07) is 9.74. The highest BCUT2D eigenvalue weighted by atomic mass is 35.5. The first-order chi connectivity index (χ1) is 9.31. The number of alkyl halides is 1. The van der Waals surface area contributed by atoms with Crippen LogP contribution in [0.5, 0.6) is 0 Å². The van der Waals surface area contributed by atoms with Crippen LogP contribution in [0.4, 0.5) is 0 Å². The van der Waals surface area contributed by atoms with Gasteiger partial charge in [0.2, 0.25) is 5.91 Å². The van der Waals surface area contributed by atoms with Crippen LogP contribution in [0.15, 0.2) is 42.7 Å². The van der Waals surface area contributed by atoms with Gasteiger partial charge in [-0.1, -0.05) is 18.2 Å². The van der Waals surface area contributed by atoms with Gasteiger partial charge < -0.3 is 5.32 Å². The highest BCUT2D eigenvalue weighted by molar-refractivity contribution is 6.17. The predicted octanol–water partition coefficient (Wildman–Crippen LogP) is 2.51. The van der Waals surface area contributed by atoms with Crippen molar-refractivity contribution in [2.75, 3.05) is 5.88 Å². The van der Waals surface area contributed by atoms with E-state index in [0.29, 0.717) is 25.3 Å². The molecule has 4 nitrogen and oxygen atoms in total. The van der Waals surface area contributed by atoms with Crippen molar-refractivity contribution in [1.29, 1.82) is 0 Å². The summed E-state index contributed by atoms with van der Waals surface area (Å²) < 4.78 is 1.79. The molecule has 2 aromatic rings. The SMILES string of the molecule is O=C(CCCCl)NCc1ccccc1-n1cccn1. The van der Waals surface area contributed by atoms with Crippen LogP contribution in [0.2, 0.25) is 0 Å². The zero-order valence-corrected chi connectivity index (χ0v) is 11.3. The summed E-state index contributed by atoms with van der Waals surface area (Å²) in [5.74, 6) is 0.535. The Hall–Kier alpha value is -1.81. The number of hydrogen-bond acceptors (Lipinski definition) is 2. The summed E-state index contributed by atoms with van der Waals surface area (Å²) in [7, 11) is 0. The monoisotopic (exact) mass is 277 g/mol. The molecule has 5 heteroatoms. The Bertz CT molecular complexity index is 525. The van der Waals surface area contributed by atoms with E-state index in [-0.39, 0.29) is 5.91 Å². The van der Waals surface area contributed by atoms with Gasteiger partial charge in [0.05, 0.1) is 5.69 Å². The first kappa shape index (κ1) is 13.6. The Labute approximate surface area is 117 Å². The predicted molar refractivity (Wildman–Crippen MR) is 75.4 cm³/mol. The molecule has 0 aliphatic carbocycles. The van der Waals surface area contributed by atoms with E-state index in [1.54, 1.807) is 10.9 Å². The molecule has 2 rings (SSSR count). The van der Waals surface area contributed by atoms with Crippen LogP contribution in [0.1, 0.15) is 18.4 Å². The molecular formula is C14H16ClN3O. The van der Waals surface area contributed by atoms with Crippen LogP contribution < -0.4 is 5.32 Å². The summed E-state index contributed by atoms with van der Waals surface area (Å²) in [4.78, 5) is 11.6. The van der Waals surface area contributed by atoms with E-state index in [9.17, 15) is 4.79 Å². The fourth-order valence-corrected chi connectivity index (χ4v) is 1.94. The minimum absolute atomic E-state index is 0.0240. The molecule has 0 atom stereocenters. The fraction of sp³-hybridized carbons (Fsp3) is 0.286. The Kier molecular flexibility index (Phi) is 4.98. The third-order valence-corrected chi connectivity index (χ3v) is 3.02. The lowest BCUT2D eigenvalue weighted by Gasteiger charge is -2.10. The van der Waals surface area contributed by atoms with Gasteiger partial charge in [0, 0.05) is 31.2 Å². The fourth-order valence-electron chi connectivity index (χ4n) is 1.80. The molecule has 0 saturated heterocycles. The molecule has 1 aromatic heterocycles. The number of nitrogens with zero attached hydrogens (tertiary/aromatic N) is 2. The smallest absolute Gasteiger partial charge is 0.220 e. The molecule has 0 unspecified atom stereocenters. The lowest BCUT2D eigenvalue weighted by atomic mass is 10.1. The van der Waals surface area contributed by atoms with Crippen molar-refractivity contribution in [2.45, 2.75) is 19.4 Å². The zero-order chi connectivity index (χ0) is 13.5. The molecule has 0 aliphatic heterocycles. The standard InChI is InChI=1S/C14H16ClN3O/c15-8-3-7-14(19)16-11-12-5-1-2-6-13(12)18-10-4-9-17-18/h1-2,4-6,9-10H,3,7-8,11H2,(H,16,19). The number of benzene rings is 1. The van der Waals surface area contributed by atoms with Gasteiger partial charge in [0.25, 0.3) is 0 Å². The van der Waals surface area contributed by atoms with E-state index in [0.717, 1.165) is 11.3 Å². The first-order valence-electron chi connectivity index (χ1n) is 6.22. The molecule has 0 fully saturated rings. The van der Waals surface area contributed by atoms with Crippen molar-refractivity contribution >= 4 is 17.5 Å². The molecule has 1 amide bonds. The van der Waals surface area contributed by atoms with E-state index in [1.807, 2.05) is 36.5 Å². The van der Waals surface area contributed by atoms with Crippen molar-refractivity contribution in [1.82, 2.24) is 15.1 Å². The second-order valence-corrected chi connectivity index (χ2v) is 4.53. The third kappa shape index (κ3) is 3.83. The van der Waals surface area contributed by atoms with Crippen molar-refractivity contribution in [3.05, 3.63) is 48.3 Å². The van der Waals surface area contributed by atoms with Crippen molar-refractivity contribution in [3.63, 3.8) is 0 Å². The molecule has 0 bridgehead atoms. The van der Waals surface area contributed by atoms with Gasteiger partial charge in [0.1, 0.15) is 0 Å². The number of amides is 1. The van der Waals surface area contributed by atoms with Gasteiger partial charge in [-0.15, -0.1) is 11.6 Å². The van der Waals surface area contributed by atoms with Gasteiger partial charge in [-0.2, -0.15) is 5.10 Å². The second kappa shape index (κ2) is 6.95. The molecule has 0 spiro atoms. The highest BCUT2D eigenvalue weighted by Gasteiger charge is 2.06. The van der Waals surface area contributed by atoms with Crippen molar-refractivity contribution in [2.24, 2.45) is 0 Å². The molecule has 1 aromatic carbocycles. The number of para-hydroxylation sites is 1. The topological polar surface area (TPSA) is 46.9 Å². The zero-order valence-electron chi connectivity index (χ0n) is 10.6. The third-order valence-electron chi connectivity index (χ3n) is 2.76. The quantitative estimate of drug-likeness (QED) is 0.825. The lowest BCUT2D eigenvalue weighted by Crippen LogP contribution is -2.23. The van der Waals surface area contributed by atoms with Crippen molar-refractivity contribution < 1.29 is 4.79 Å². The van der Waals surface area contributed by atoms with Crippen LogP contribution in [-0.2, 0) is 11.3 Å². The minimum Gasteiger partial charge on any atom is -0.352 e. The van der Waals surface area contributed by atoms with Crippen LogP contribution in [0.25, 0.3) is 5.69 Å². The number of aromatic nitrogens is 2. The number of nitrogens with one attached hydrogen (secondary N) is 1. The summed E-state index contributed by atoms with van der Waals surface area (Å²) in [5.41, 5.74) is 2.01. The molecular weight excluding hydrogens is 262 g/mol. The number of carbonyl (C=O) groups excluding carboxylic acids is 1. The van der Waals surface area contributed by atoms with Crippen LogP contribution in [0, 0.1) is 0 Å². The molecule has 100 valence electrons. The maximum atomic E-state index is 11.6. The lowest BCUT2D eigenvalue weighted by molar-refractivity contribution is -0.121. The largest absolute Gasteiger partial charge is 0.352 e. The molecule has 0 aliphatic rings. The Balaban J connectivity index is 2.03. The average Bonchev–Trinajstić information content (AvgIpc) is 2.97. The van der Waals surface area contributed by atoms with E-state index < -0.39 is 0 Å². The highest BCUT2D eigenvalue weighted by Crippen LogP contribution is 2.13. The summed E-state index contributed by atoms with van der Waals surface area (Å²) in [6.07, 6.45) is 4.78. The summed E-state index contributed by atoms with van der Waals surface area (Å²) in [6.45, 7) is 0.497. The van der Waals surface area contributed by atoms with E-state index in [1.165, 1.54) is 0 Å². The summed E-state index contributed by atoms with van der Waals surface area (Å²) >= 11 is 5.56. The Morgan fingerprint density at radius 2 is 2.16 bits per heavy atom. The van der Waals surface area contributed by atoms with E-state index in [2.05, 4.69) is 10.4 Å². The van der Waals surface area contributed by atoms with Crippen molar-refractivity contribution in [3.8, 4) is 5.69 Å². The molecule has 19 heavy (non-hydrogen) atoms. The van der Waals surface area contributed by atoms with Crippen LogP contribution in [-0.4, -0.2) is 21.6 Å². The molecule has 0 radical (unpaired) electrons. The summed E-state index contributed by atoms with van der Waals surface area (Å²) in [5, 5.41) is 7.11. The maximum absolute atomic E-state index is 11.6. The second-order valence-electron chi connectivity index (χ2n) is 4.15. The van der Waals surface area contributed by atoms with Gasteiger partial charge >= 0.3 is 0 Å². The number of halogens is 1. The van der Waals surface area contributed by atoms with Gasteiger partial charge in [-0.25, -0.2) is 4.68 Å². The van der Waals surface area contributed by atoms with Gasteiger partial charge in [-0.05, 0) is 24.1 Å². The number of carbonyl (C=O) groups is 1. The maximum Gasteiger partial charge on any atom is 0.220 e. The van der Waals surface area contributed by atoms with Crippen LogP contribution in [0.3, 0.4) is 0 Å². The van der Waals surface area contributed by atoms with Crippen LogP contribution >= 0.6 is 11.6 Å². The van der Waals surface area contributed by atoms with E-state index in [4.69, 9.17) is 11.6 Å². The molecule has 1 N–H and O–H groups in total.